The Morgan fingerprint density at radius 3 is 2.12 bits per heavy atom. The predicted octanol–water partition coefficient (Wildman–Crippen LogP) is 9.26. The number of methoxy groups -OCH3 is 1. The van der Waals surface area contributed by atoms with Gasteiger partial charge in [-0.25, -0.2) is 9.56 Å². The number of allylic oxidation sites excluding steroid dienone is 1. The van der Waals surface area contributed by atoms with Crippen molar-refractivity contribution in [3.05, 3.63) is 179 Å². The predicted molar refractivity (Wildman–Crippen MR) is 194 cm³/mol. The van der Waals surface area contributed by atoms with E-state index < -0.39 is 13.7 Å². The lowest BCUT2D eigenvalue weighted by Crippen LogP contribution is -2.18. The van der Waals surface area contributed by atoms with Crippen LogP contribution in [0, 0.1) is 6.92 Å². The highest BCUT2D eigenvalue weighted by atomic mass is 31.2. The molecule has 0 radical (unpaired) electrons. The zero-order valence-electron chi connectivity index (χ0n) is 27.5. The Morgan fingerprint density at radius 1 is 0.820 bits per heavy atom. The Labute approximate surface area is 289 Å². The molecule has 0 atom stereocenters. The number of nitrogens with zero attached hydrogens (tertiary/aromatic N) is 2. The fourth-order valence-corrected chi connectivity index (χ4v) is 6.84. The summed E-state index contributed by atoms with van der Waals surface area (Å²) in [5, 5.41) is 0.838. The number of phosphoric ester groups is 1. The van der Waals surface area contributed by atoms with Gasteiger partial charge in [0, 0.05) is 22.9 Å². The Kier molecular flexibility index (Phi) is 9.45. The van der Waals surface area contributed by atoms with Crippen LogP contribution < -0.4 is 4.52 Å². The van der Waals surface area contributed by atoms with Gasteiger partial charge in [-0.2, -0.15) is 0 Å². The standard InChI is InChI=1S/C40H34N3O6P/c1-28-21-22-32(41-28)24-35-39(46-2)25-34(42-35)37-23-31-17-9-11-19-36(31)43(37)40(44)33-18-10-12-20-38(33)49-50(45,47-26-29-13-5-3-6-14-29)48-27-30-15-7-4-8-16-30/h3-25,41H,26-27H2,1-2H3. The highest BCUT2D eigenvalue weighted by Gasteiger charge is 2.32. The molecule has 0 saturated heterocycles. The lowest BCUT2D eigenvalue weighted by Gasteiger charge is -2.20. The number of carbonyl (C=O) groups is 1. The van der Waals surface area contributed by atoms with Crippen LogP contribution in [0.3, 0.4) is 0 Å². The van der Waals surface area contributed by atoms with Crippen LogP contribution in [0.5, 0.6) is 5.75 Å². The van der Waals surface area contributed by atoms with Gasteiger partial charge < -0.3 is 14.2 Å². The van der Waals surface area contributed by atoms with Crippen molar-refractivity contribution < 1.29 is 27.7 Å². The maximum atomic E-state index is 14.7. The number of hydrogen-bond acceptors (Lipinski definition) is 7. The van der Waals surface area contributed by atoms with Gasteiger partial charge in [-0.1, -0.05) is 91.0 Å². The highest BCUT2D eigenvalue weighted by Crippen LogP contribution is 2.51. The number of aliphatic imine (C=N–C) groups is 1. The Morgan fingerprint density at radius 2 is 1.46 bits per heavy atom. The van der Waals surface area contributed by atoms with Crippen molar-refractivity contribution in [2.45, 2.75) is 20.1 Å². The molecule has 0 amide bonds. The first-order chi connectivity index (χ1) is 24.4. The van der Waals surface area contributed by atoms with E-state index in [4.69, 9.17) is 23.3 Å². The quantitative estimate of drug-likeness (QED) is 0.129. The zero-order valence-corrected chi connectivity index (χ0v) is 28.4. The molecule has 0 unspecified atom stereocenters. The summed E-state index contributed by atoms with van der Waals surface area (Å²) in [4.78, 5) is 22.9. The van der Waals surface area contributed by atoms with Crippen LogP contribution in [0.4, 0.5) is 0 Å². The first-order valence-corrected chi connectivity index (χ1v) is 17.5. The van der Waals surface area contributed by atoms with Crippen LogP contribution in [0.25, 0.3) is 17.0 Å². The van der Waals surface area contributed by atoms with Crippen LogP contribution in [-0.4, -0.2) is 28.3 Å². The van der Waals surface area contributed by atoms with E-state index in [1.807, 2.05) is 122 Å². The van der Waals surface area contributed by atoms with Gasteiger partial charge in [-0.15, -0.1) is 0 Å². The molecule has 0 saturated carbocycles. The van der Waals surface area contributed by atoms with Gasteiger partial charge in [-0.05, 0) is 60.5 Å². The maximum absolute atomic E-state index is 14.7. The summed E-state index contributed by atoms with van der Waals surface area (Å²) >= 11 is 0. The molecule has 6 aromatic rings. The topological polar surface area (TPSA) is 104 Å². The molecule has 9 nitrogen and oxygen atoms in total. The molecule has 3 heterocycles. The van der Waals surface area contributed by atoms with Crippen LogP contribution in [0.15, 0.2) is 150 Å². The summed E-state index contributed by atoms with van der Waals surface area (Å²) in [6.45, 7) is 1.93. The number of aromatic amines is 1. The van der Waals surface area contributed by atoms with E-state index in [1.54, 1.807) is 35.9 Å². The van der Waals surface area contributed by atoms with Crippen molar-refractivity contribution >= 4 is 36.4 Å². The molecular weight excluding hydrogens is 649 g/mol. The molecule has 10 heteroatoms. The number of benzene rings is 4. The number of fused-ring (bicyclic) bond motifs is 1. The zero-order chi connectivity index (χ0) is 34.5. The molecule has 4 aromatic carbocycles. The van der Waals surface area contributed by atoms with Crippen molar-refractivity contribution in [2.24, 2.45) is 4.99 Å². The molecule has 0 spiro atoms. The molecular formula is C40H34N3O6P. The normalized spacial score (nSPS) is 13.8. The number of hydrogen-bond donors (Lipinski definition) is 1. The largest absolute Gasteiger partial charge is 0.530 e. The Hall–Kier alpha value is -5.73. The molecule has 250 valence electrons. The number of rotatable bonds is 12. The molecule has 0 fully saturated rings. The first-order valence-electron chi connectivity index (χ1n) is 16.0. The monoisotopic (exact) mass is 683 g/mol. The minimum Gasteiger partial charge on any atom is -0.494 e. The molecule has 1 aliphatic heterocycles. The molecule has 0 aliphatic carbocycles. The summed E-state index contributed by atoms with van der Waals surface area (Å²) in [6, 6.07) is 38.7. The second-order valence-corrected chi connectivity index (χ2v) is 13.2. The third-order valence-corrected chi connectivity index (χ3v) is 9.41. The van der Waals surface area contributed by atoms with Crippen molar-refractivity contribution in [1.29, 1.82) is 0 Å². The van der Waals surface area contributed by atoms with Gasteiger partial charge >= 0.3 is 7.82 Å². The lowest BCUT2D eigenvalue weighted by molar-refractivity contribution is 0.0961. The van der Waals surface area contributed by atoms with Crippen LogP contribution in [0.2, 0.25) is 0 Å². The van der Waals surface area contributed by atoms with Crippen molar-refractivity contribution in [3.8, 4) is 5.75 Å². The number of carbonyl (C=O) groups excluding carboxylic acids is 1. The highest BCUT2D eigenvalue weighted by molar-refractivity contribution is 7.48. The van der Waals surface area contributed by atoms with Crippen LogP contribution in [-0.2, 0) is 31.6 Å². The second-order valence-electron chi connectivity index (χ2n) is 11.6. The van der Waals surface area contributed by atoms with Gasteiger partial charge in [0.2, 0.25) is 0 Å². The third kappa shape index (κ3) is 7.16. The van der Waals surface area contributed by atoms with E-state index in [2.05, 4.69) is 4.98 Å². The van der Waals surface area contributed by atoms with Crippen molar-refractivity contribution in [2.75, 3.05) is 7.11 Å². The Balaban J connectivity index is 1.26. The molecule has 50 heavy (non-hydrogen) atoms. The van der Waals surface area contributed by atoms with Gasteiger partial charge in [-0.3, -0.25) is 18.4 Å². The van der Waals surface area contributed by atoms with E-state index >= 15 is 0 Å². The van der Waals surface area contributed by atoms with Gasteiger partial charge in [0.1, 0.15) is 17.2 Å². The minimum absolute atomic E-state index is 0.0265. The summed E-state index contributed by atoms with van der Waals surface area (Å²) in [5.74, 6) is 0.198. The molecule has 0 bridgehead atoms. The Bertz CT molecular complexity index is 2260. The van der Waals surface area contributed by atoms with Gasteiger partial charge in [0.15, 0.2) is 0 Å². The van der Waals surface area contributed by atoms with E-state index in [0.717, 1.165) is 27.9 Å². The average Bonchev–Trinajstić information content (AvgIpc) is 3.87. The maximum Gasteiger partial charge on any atom is 0.530 e. The lowest BCUT2D eigenvalue weighted by atomic mass is 10.1. The second kappa shape index (κ2) is 14.4. The number of ether oxygens (including phenoxy) is 1. The number of phosphoric acid groups is 1. The average molecular weight is 684 g/mol. The van der Waals surface area contributed by atoms with E-state index in [9.17, 15) is 9.36 Å². The SMILES string of the molecule is COC1=CC(c2cc3ccccc3n2C(=O)c2ccccc2OP(=O)(OCc2ccccc2)OCc2ccccc2)=NC1=Cc1ccc(C)[nH]1. The third-order valence-electron chi connectivity index (χ3n) is 8.10. The molecule has 1 N–H and O–H groups in total. The number of para-hydroxylation sites is 2. The smallest absolute Gasteiger partial charge is 0.494 e. The fourth-order valence-electron chi connectivity index (χ4n) is 5.64. The summed E-state index contributed by atoms with van der Waals surface area (Å²) < 4.78 is 39.4. The van der Waals surface area contributed by atoms with Crippen molar-refractivity contribution in [3.63, 3.8) is 0 Å². The molecule has 7 rings (SSSR count). The fraction of sp³-hybridized carbons (Fsp3) is 0.100. The van der Waals surface area contributed by atoms with Crippen molar-refractivity contribution in [1.82, 2.24) is 9.55 Å². The van der Waals surface area contributed by atoms with Gasteiger partial charge in [0.05, 0.1) is 42.8 Å². The number of aryl methyl sites for hydroxylation is 1. The first kappa shape index (κ1) is 32.8. The summed E-state index contributed by atoms with van der Waals surface area (Å²) in [5.41, 5.74) is 6.01. The number of aromatic nitrogens is 2. The van der Waals surface area contributed by atoms with Gasteiger partial charge in [0.25, 0.3) is 5.91 Å². The van der Waals surface area contributed by atoms with E-state index in [1.165, 1.54) is 0 Å². The van der Waals surface area contributed by atoms with Crippen LogP contribution in [0.1, 0.15) is 38.6 Å². The van der Waals surface area contributed by atoms with E-state index in [0.29, 0.717) is 28.4 Å². The minimum atomic E-state index is -4.27. The van der Waals surface area contributed by atoms with E-state index in [-0.39, 0.29) is 24.5 Å². The molecule has 1 aliphatic rings. The number of nitrogens with one attached hydrogen (secondary N) is 1. The summed E-state index contributed by atoms with van der Waals surface area (Å²) in [6.07, 6.45) is 3.71. The van der Waals surface area contributed by atoms with Crippen LogP contribution >= 0.6 is 7.82 Å². The number of H-pyrrole nitrogens is 1. The summed E-state index contributed by atoms with van der Waals surface area (Å²) in [7, 11) is -2.68. The molecule has 2 aromatic heterocycles.